The Labute approximate surface area is 150 Å². The summed E-state index contributed by atoms with van der Waals surface area (Å²) >= 11 is 0. The summed E-state index contributed by atoms with van der Waals surface area (Å²) in [4.78, 5) is 3.81. The Bertz CT molecular complexity index is 890. The van der Waals surface area contributed by atoms with E-state index in [9.17, 15) is 17.6 Å². The molecule has 1 atom stereocenters. The number of benzene rings is 1. The van der Waals surface area contributed by atoms with Gasteiger partial charge in [0.1, 0.15) is 17.3 Å². The minimum absolute atomic E-state index is 0.376. The van der Waals surface area contributed by atoms with Gasteiger partial charge < -0.3 is 4.74 Å². The maximum atomic E-state index is 15.0. The molecule has 1 aliphatic heterocycles. The number of alkyl halides is 2. The molecule has 26 heavy (non-hydrogen) atoms. The molecule has 2 nitrogen and oxygen atoms in total. The van der Waals surface area contributed by atoms with Crippen LogP contribution < -0.4 is 0 Å². The number of hydrogen-bond donors (Lipinski definition) is 0. The minimum atomic E-state index is -3.58. The molecule has 1 saturated heterocycles. The third-order valence-corrected chi connectivity index (χ3v) is 4.61. The highest BCUT2D eigenvalue weighted by Gasteiger charge is 2.68. The van der Waals surface area contributed by atoms with Crippen LogP contribution in [-0.2, 0) is 16.3 Å². The van der Waals surface area contributed by atoms with Crippen molar-refractivity contribution in [3.05, 3.63) is 65.0 Å². The highest BCUT2D eigenvalue weighted by Crippen LogP contribution is 2.56. The summed E-state index contributed by atoms with van der Waals surface area (Å²) in [5.74, 6) is -2.58. The van der Waals surface area contributed by atoms with Crippen LogP contribution in [0.2, 0.25) is 0 Å². The van der Waals surface area contributed by atoms with E-state index in [1.54, 1.807) is 0 Å². The van der Waals surface area contributed by atoms with Crippen LogP contribution in [0.1, 0.15) is 16.8 Å². The van der Waals surface area contributed by atoms with Gasteiger partial charge in [-0.2, -0.15) is 18.8 Å². The Morgan fingerprint density at radius 1 is 1.15 bits per heavy atom. The van der Waals surface area contributed by atoms with Crippen LogP contribution in [0.4, 0.5) is 17.6 Å². The number of pyridine rings is 1. The van der Waals surface area contributed by atoms with Crippen molar-refractivity contribution in [2.75, 3.05) is 25.4 Å². The standard InChI is InChI=1S/C19H17F4NOS/c1-26(2,3)9-8-13-4-7-17(24-11-13)19(22,23)18(12-25-18)15-6-5-14(20)10-16(15)21/h4-7,10-11H,12H2,1-3H3. The normalized spacial score (nSPS) is 20.3. The first-order valence-electron chi connectivity index (χ1n) is 7.70. The third-order valence-electron chi connectivity index (χ3n) is 3.89. The highest BCUT2D eigenvalue weighted by molar-refractivity contribution is 8.35. The van der Waals surface area contributed by atoms with Crippen LogP contribution >= 0.6 is 10.0 Å². The molecule has 1 aliphatic rings. The van der Waals surface area contributed by atoms with Crippen LogP contribution in [0.5, 0.6) is 0 Å². The van der Waals surface area contributed by atoms with Gasteiger partial charge in [-0.25, -0.2) is 8.78 Å². The average molecular weight is 383 g/mol. The highest BCUT2D eigenvalue weighted by atomic mass is 32.3. The summed E-state index contributed by atoms with van der Waals surface area (Å²) in [6.45, 7) is -0.376. The van der Waals surface area contributed by atoms with Crippen molar-refractivity contribution >= 4 is 10.0 Å². The van der Waals surface area contributed by atoms with Gasteiger partial charge in [-0.05, 0) is 48.3 Å². The molecule has 1 aromatic heterocycles. The van der Waals surface area contributed by atoms with E-state index in [4.69, 9.17) is 4.74 Å². The second kappa shape index (κ2) is 6.29. The molecule has 1 aromatic carbocycles. The van der Waals surface area contributed by atoms with Crippen molar-refractivity contribution in [2.24, 2.45) is 0 Å². The minimum Gasteiger partial charge on any atom is -0.357 e. The maximum absolute atomic E-state index is 15.0. The number of ether oxygens (including phenoxy) is 1. The zero-order valence-corrected chi connectivity index (χ0v) is 15.3. The lowest BCUT2D eigenvalue weighted by atomic mass is 9.90. The largest absolute Gasteiger partial charge is 0.357 e. The van der Waals surface area contributed by atoms with Crippen molar-refractivity contribution in [2.45, 2.75) is 11.5 Å². The van der Waals surface area contributed by atoms with Crippen molar-refractivity contribution in [1.29, 1.82) is 0 Å². The molecule has 0 aliphatic carbocycles. The summed E-state index contributed by atoms with van der Waals surface area (Å²) in [5.41, 5.74) is -2.58. The molecule has 2 heterocycles. The number of aromatic nitrogens is 1. The van der Waals surface area contributed by atoms with Gasteiger partial charge in [-0.1, -0.05) is 5.92 Å². The Hall–Kier alpha value is -2.04. The first-order valence-corrected chi connectivity index (χ1v) is 10.6. The zero-order valence-electron chi connectivity index (χ0n) is 14.4. The molecule has 1 fully saturated rings. The predicted molar refractivity (Wildman–Crippen MR) is 94.4 cm³/mol. The fourth-order valence-corrected chi connectivity index (χ4v) is 2.89. The van der Waals surface area contributed by atoms with Gasteiger partial charge in [0.2, 0.25) is 0 Å². The van der Waals surface area contributed by atoms with Gasteiger partial charge in [0.05, 0.1) is 6.61 Å². The van der Waals surface area contributed by atoms with Crippen molar-refractivity contribution in [3.63, 3.8) is 0 Å². The number of nitrogens with zero attached hydrogens (tertiary/aromatic N) is 1. The maximum Gasteiger partial charge on any atom is 0.324 e. The molecule has 0 saturated carbocycles. The Kier molecular flexibility index (Phi) is 4.53. The smallest absolute Gasteiger partial charge is 0.324 e. The van der Waals surface area contributed by atoms with E-state index in [0.717, 1.165) is 18.2 Å². The molecule has 0 bridgehead atoms. The molecule has 2 aromatic rings. The topological polar surface area (TPSA) is 25.4 Å². The Morgan fingerprint density at radius 2 is 1.85 bits per heavy atom. The van der Waals surface area contributed by atoms with Gasteiger partial charge in [0, 0.05) is 23.4 Å². The van der Waals surface area contributed by atoms with E-state index in [1.807, 2.05) is 18.8 Å². The van der Waals surface area contributed by atoms with Gasteiger partial charge in [-0.15, -0.1) is 0 Å². The summed E-state index contributed by atoms with van der Waals surface area (Å²) in [5, 5.41) is 3.07. The van der Waals surface area contributed by atoms with Gasteiger partial charge in [0.25, 0.3) is 0 Å². The lowest BCUT2D eigenvalue weighted by Gasteiger charge is -2.24. The van der Waals surface area contributed by atoms with E-state index in [-0.39, 0.29) is 12.2 Å². The first kappa shape index (κ1) is 18.7. The molecule has 7 heteroatoms. The van der Waals surface area contributed by atoms with Crippen LogP contribution in [0.25, 0.3) is 0 Å². The van der Waals surface area contributed by atoms with Gasteiger partial charge in [0.15, 0.2) is 5.60 Å². The van der Waals surface area contributed by atoms with Crippen LogP contribution in [0.15, 0.2) is 36.5 Å². The molecular weight excluding hydrogens is 366 g/mol. The molecule has 0 spiro atoms. The number of epoxide rings is 1. The summed E-state index contributed by atoms with van der Waals surface area (Å²) < 4.78 is 62.0. The van der Waals surface area contributed by atoms with Crippen LogP contribution in [0, 0.1) is 22.8 Å². The summed E-state index contributed by atoms with van der Waals surface area (Å²) in [6.07, 6.45) is 7.31. The van der Waals surface area contributed by atoms with Gasteiger partial charge in [-0.3, -0.25) is 4.98 Å². The predicted octanol–water partition coefficient (Wildman–Crippen LogP) is 4.38. The van der Waals surface area contributed by atoms with Crippen molar-refractivity contribution in [3.8, 4) is 11.2 Å². The monoisotopic (exact) mass is 383 g/mol. The van der Waals surface area contributed by atoms with Crippen LogP contribution in [-0.4, -0.2) is 30.4 Å². The Morgan fingerprint density at radius 3 is 2.35 bits per heavy atom. The van der Waals surface area contributed by atoms with Crippen LogP contribution in [0.3, 0.4) is 0 Å². The quantitative estimate of drug-likeness (QED) is 0.447. The number of hydrogen-bond acceptors (Lipinski definition) is 2. The molecule has 0 N–H and O–H groups in total. The zero-order chi connectivity index (χ0) is 19.2. The van der Waals surface area contributed by atoms with E-state index >= 15 is 0 Å². The first-order chi connectivity index (χ1) is 12.1. The molecule has 3 rings (SSSR count). The van der Waals surface area contributed by atoms with E-state index in [1.165, 1.54) is 12.3 Å². The second-order valence-corrected chi connectivity index (χ2v) is 10.7. The lowest BCUT2D eigenvalue weighted by Crippen LogP contribution is -2.34. The molecular formula is C19H17F4NOS. The molecule has 1 unspecified atom stereocenters. The average Bonchev–Trinajstić information content (AvgIpc) is 3.35. The summed E-state index contributed by atoms with van der Waals surface area (Å²) in [6, 6.07) is 5.09. The molecule has 0 amide bonds. The van der Waals surface area contributed by atoms with E-state index < -0.39 is 38.9 Å². The van der Waals surface area contributed by atoms with Crippen molar-refractivity contribution < 1.29 is 22.3 Å². The Balaban J connectivity index is 1.93. The number of halogens is 4. The second-order valence-electron chi connectivity index (χ2n) is 6.81. The fraction of sp³-hybridized carbons (Fsp3) is 0.316. The molecule has 0 radical (unpaired) electrons. The van der Waals surface area contributed by atoms with Crippen molar-refractivity contribution in [1.82, 2.24) is 4.98 Å². The van der Waals surface area contributed by atoms with Gasteiger partial charge >= 0.3 is 5.92 Å². The lowest BCUT2D eigenvalue weighted by molar-refractivity contribution is -0.0901. The third kappa shape index (κ3) is 3.44. The fourth-order valence-electron chi connectivity index (χ4n) is 2.47. The SMILES string of the molecule is CS(C)(C)C#Cc1ccc(C(F)(F)C2(c3ccc(F)cc3F)CO2)nc1. The van der Waals surface area contributed by atoms with E-state index in [0.29, 0.717) is 11.6 Å². The van der Waals surface area contributed by atoms with E-state index in [2.05, 4.69) is 16.2 Å². The number of rotatable bonds is 3. The summed E-state index contributed by atoms with van der Waals surface area (Å²) in [7, 11) is -1.05. The molecule has 138 valence electrons.